The second kappa shape index (κ2) is 4.63. The van der Waals surface area contributed by atoms with Crippen LogP contribution in [-0.4, -0.2) is 39.9 Å². The lowest BCUT2D eigenvalue weighted by molar-refractivity contribution is 0.141. The summed E-state index contributed by atoms with van der Waals surface area (Å²) in [6, 6.07) is 0. The molecular formula is C9H11ClN4O2. The van der Waals surface area contributed by atoms with Crippen LogP contribution in [0.1, 0.15) is 5.56 Å². The van der Waals surface area contributed by atoms with Crippen molar-refractivity contribution in [1.29, 1.82) is 0 Å². The van der Waals surface area contributed by atoms with Crippen molar-refractivity contribution < 1.29 is 9.47 Å². The first kappa shape index (κ1) is 11.1. The van der Waals surface area contributed by atoms with Gasteiger partial charge in [-0.3, -0.25) is 0 Å². The highest BCUT2D eigenvalue weighted by Crippen LogP contribution is 2.23. The van der Waals surface area contributed by atoms with E-state index in [4.69, 9.17) is 21.1 Å². The summed E-state index contributed by atoms with van der Waals surface area (Å²) in [4.78, 5) is 8.02. The van der Waals surface area contributed by atoms with Crippen molar-refractivity contribution in [3.8, 4) is 5.88 Å². The van der Waals surface area contributed by atoms with Crippen LogP contribution in [0.3, 0.4) is 0 Å². The van der Waals surface area contributed by atoms with Gasteiger partial charge in [-0.05, 0) is 6.92 Å². The van der Waals surface area contributed by atoms with Crippen LogP contribution in [0.5, 0.6) is 5.88 Å². The quantitative estimate of drug-likeness (QED) is 0.594. The minimum Gasteiger partial charge on any atom is -0.475 e. The highest BCUT2D eigenvalue weighted by atomic mass is 35.5. The lowest BCUT2D eigenvalue weighted by atomic mass is 10.4. The Morgan fingerprint density at radius 1 is 1.44 bits per heavy atom. The van der Waals surface area contributed by atoms with Crippen LogP contribution in [0, 0.1) is 6.92 Å². The number of rotatable bonds is 4. The first-order valence-corrected chi connectivity index (χ1v) is 5.09. The summed E-state index contributed by atoms with van der Waals surface area (Å²) in [5.41, 5.74) is 0.732. The standard InChI is InChI=1S/C9H11ClN4O2/c1-6-7(10)13-9-11-5-12-14(9)8(6)16-4-3-15-2/h5H,3-4H2,1-2H3. The normalized spacial score (nSPS) is 10.9. The SMILES string of the molecule is COCCOc1c(C)c(Cl)nc2ncnn12. The number of nitrogens with zero attached hydrogens (tertiary/aromatic N) is 4. The first-order chi connectivity index (χ1) is 7.74. The Hall–Kier alpha value is -1.40. The van der Waals surface area contributed by atoms with Gasteiger partial charge >= 0.3 is 0 Å². The fraction of sp³-hybridized carbons (Fsp3) is 0.444. The van der Waals surface area contributed by atoms with Crippen molar-refractivity contribution in [2.24, 2.45) is 0 Å². The number of aromatic nitrogens is 4. The zero-order valence-corrected chi connectivity index (χ0v) is 9.73. The molecule has 0 aliphatic heterocycles. The van der Waals surface area contributed by atoms with Crippen molar-refractivity contribution in [2.75, 3.05) is 20.3 Å². The van der Waals surface area contributed by atoms with Crippen molar-refractivity contribution in [3.63, 3.8) is 0 Å². The van der Waals surface area contributed by atoms with Gasteiger partial charge in [-0.25, -0.2) is 0 Å². The minimum atomic E-state index is 0.368. The first-order valence-electron chi connectivity index (χ1n) is 4.71. The Balaban J connectivity index is 2.39. The minimum absolute atomic E-state index is 0.368. The molecular weight excluding hydrogens is 232 g/mol. The summed E-state index contributed by atoms with van der Waals surface area (Å²) >= 11 is 5.96. The van der Waals surface area contributed by atoms with Crippen LogP contribution in [0.15, 0.2) is 6.33 Å². The molecule has 86 valence electrons. The molecule has 0 N–H and O–H groups in total. The van der Waals surface area contributed by atoms with Gasteiger partial charge in [0.25, 0.3) is 5.78 Å². The number of methoxy groups -OCH3 is 1. The molecule has 2 rings (SSSR count). The van der Waals surface area contributed by atoms with Crippen molar-refractivity contribution >= 4 is 17.4 Å². The van der Waals surface area contributed by atoms with Crippen LogP contribution in [-0.2, 0) is 4.74 Å². The summed E-state index contributed by atoms with van der Waals surface area (Å²) in [7, 11) is 1.61. The van der Waals surface area contributed by atoms with Crippen molar-refractivity contribution in [2.45, 2.75) is 6.92 Å². The summed E-state index contributed by atoms with van der Waals surface area (Å²) in [6.07, 6.45) is 1.40. The number of halogens is 1. The molecule has 0 atom stereocenters. The zero-order valence-electron chi connectivity index (χ0n) is 8.97. The van der Waals surface area contributed by atoms with E-state index in [0.29, 0.717) is 30.0 Å². The predicted molar refractivity (Wildman–Crippen MR) is 57.9 cm³/mol. The van der Waals surface area contributed by atoms with E-state index >= 15 is 0 Å². The van der Waals surface area contributed by atoms with Gasteiger partial charge in [0.15, 0.2) is 0 Å². The van der Waals surface area contributed by atoms with Crippen molar-refractivity contribution in [1.82, 2.24) is 19.6 Å². The van der Waals surface area contributed by atoms with E-state index in [1.54, 1.807) is 7.11 Å². The van der Waals surface area contributed by atoms with E-state index < -0.39 is 0 Å². The molecule has 2 aromatic rings. The second-order valence-electron chi connectivity index (χ2n) is 3.15. The molecule has 0 unspecified atom stereocenters. The second-order valence-corrected chi connectivity index (χ2v) is 3.50. The van der Waals surface area contributed by atoms with Crippen LogP contribution in [0.4, 0.5) is 0 Å². The van der Waals surface area contributed by atoms with Gasteiger partial charge in [-0.1, -0.05) is 11.6 Å². The maximum Gasteiger partial charge on any atom is 0.256 e. The number of ether oxygens (including phenoxy) is 2. The summed E-state index contributed by atoms with van der Waals surface area (Å²) in [5, 5.41) is 4.39. The molecule has 0 saturated carbocycles. The van der Waals surface area contributed by atoms with Gasteiger partial charge in [0.2, 0.25) is 5.88 Å². The largest absolute Gasteiger partial charge is 0.475 e. The number of hydrogen-bond donors (Lipinski definition) is 0. The van der Waals surface area contributed by atoms with E-state index in [9.17, 15) is 0 Å². The van der Waals surface area contributed by atoms with E-state index in [1.807, 2.05) is 6.92 Å². The third kappa shape index (κ3) is 1.94. The molecule has 0 fully saturated rings. The van der Waals surface area contributed by atoms with Gasteiger partial charge in [-0.2, -0.15) is 19.6 Å². The monoisotopic (exact) mass is 242 g/mol. The van der Waals surface area contributed by atoms with E-state index in [2.05, 4.69) is 15.1 Å². The Labute approximate surface area is 97.2 Å². The lowest BCUT2D eigenvalue weighted by Crippen LogP contribution is -2.10. The van der Waals surface area contributed by atoms with Crippen LogP contribution >= 0.6 is 11.6 Å². The topological polar surface area (TPSA) is 61.5 Å². The Bertz CT molecular complexity index is 499. The van der Waals surface area contributed by atoms with E-state index in [0.717, 1.165) is 5.56 Å². The smallest absolute Gasteiger partial charge is 0.256 e. The molecule has 7 heteroatoms. The summed E-state index contributed by atoms with van der Waals surface area (Å²) < 4.78 is 12.0. The molecule has 16 heavy (non-hydrogen) atoms. The third-order valence-corrected chi connectivity index (χ3v) is 2.44. The fourth-order valence-electron chi connectivity index (χ4n) is 1.26. The Kier molecular flexibility index (Phi) is 3.21. The fourth-order valence-corrected chi connectivity index (χ4v) is 1.42. The number of fused-ring (bicyclic) bond motifs is 1. The molecule has 2 heterocycles. The van der Waals surface area contributed by atoms with E-state index in [-0.39, 0.29) is 0 Å². The van der Waals surface area contributed by atoms with Crippen LogP contribution < -0.4 is 4.74 Å². The summed E-state index contributed by atoms with van der Waals surface area (Å²) in [6.45, 7) is 2.74. The molecule has 0 bridgehead atoms. The highest BCUT2D eigenvalue weighted by molar-refractivity contribution is 6.30. The van der Waals surface area contributed by atoms with Crippen LogP contribution in [0.25, 0.3) is 5.78 Å². The lowest BCUT2D eigenvalue weighted by Gasteiger charge is -2.10. The van der Waals surface area contributed by atoms with Gasteiger partial charge < -0.3 is 9.47 Å². The molecule has 0 amide bonds. The number of hydrogen-bond acceptors (Lipinski definition) is 5. The van der Waals surface area contributed by atoms with Gasteiger partial charge in [0.05, 0.1) is 6.61 Å². The van der Waals surface area contributed by atoms with Crippen molar-refractivity contribution in [3.05, 3.63) is 17.0 Å². The average molecular weight is 243 g/mol. The van der Waals surface area contributed by atoms with Gasteiger partial charge in [-0.15, -0.1) is 0 Å². The maximum atomic E-state index is 5.96. The predicted octanol–water partition coefficient (Wildman–Crippen LogP) is 1.11. The molecule has 2 aromatic heterocycles. The average Bonchev–Trinajstić information content (AvgIpc) is 2.71. The van der Waals surface area contributed by atoms with Gasteiger partial charge in [0, 0.05) is 12.7 Å². The van der Waals surface area contributed by atoms with Crippen LogP contribution in [0.2, 0.25) is 5.15 Å². The highest BCUT2D eigenvalue weighted by Gasteiger charge is 2.13. The zero-order chi connectivity index (χ0) is 11.5. The summed E-state index contributed by atoms with van der Waals surface area (Å²) in [5.74, 6) is 0.965. The van der Waals surface area contributed by atoms with Gasteiger partial charge in [0.1, 0.15) is 18.1 Å². The molecule has 0 spiro atoms. The molecule has 0 saturated heterocycles. The molecule has 6 nitrogen and oxygen atoms in total. The maximum absolute atomic E-state index is 5.96. The Morgan fingerprint density at radius 2 is 2.25 bits per heavy atom. The molecule has 0 aromatic carbocycles. The molecule has 0 aliphatic carbocycles. The molecule has 0 radical (unpaired) electrons. The Morgan fingerprint density at radius 3 is 3.00 bits per heavy atom. The third-order valence-electron chi connectivity index (χ3n) is 2.08. The van der Waals surface area contributed by atoms with E-state index in [1.165, 1.54) is 10.8 Å². The molecule has 0 aliphatic rings.